The summed E-state index contributed by atoms with van der Waals surface area (Å²) in [6, 6.07) is 19.9. The van der Waals surface area contributed by atoms with Gasteiger partial charge in [0.05, 0.1) is 6.04 Å². The largest absolute Gasteiger partial charge is 0.344 e. The molecule has 0 saturated carbocycles. The van der Waals surface area contributed by atoms with Crippen LogP contribution in [0.2, 0.25) is 0 Å². The van der Waals surface area contributed by atoms with E-state index in [9.17, 15) is 4.79 Å². The molecule has 0 fully saturated rings. The van der Waals surface area contributed by atoms with Gasteiger partial charge in [0.2, 0.25) is 0 Å². The number of rotatable bonds is 6. The van der Waals surface area contributed by atoms with Crippen molar-refractivity contribution in [2.45, 2.75) is 32.9 Å². The second-order valence-corrected chi connectivity index (χ2v) is 6.78. The number of aromatic nitrogens is 2. The van der Waals surface area contributed by atoms with Crippen molar-refractivity contribution in [1.82, 2.24) is 14.9 Å². The van der Waals surface area contributed by atoms with E-state index in [4.69, 9.17) is 0 Å². The number of carbonyl (C=O) groups excluding carboxylic acids is 1. The molecule has 0 saturated heterocycles. The van der Waals surface area contributed by atoms with Gasteiger partial charge in [0.25, 0.3) is 5.91 Å². The molecular formula is C21H22BrN3O. The van der Waals surface area contributed by atoms with Crippen molar-refractivity contribution in [3.8, 4) is 11.4 Å². The zero-order chi connectivity index (χ0) is 18.5. The predicted molar refractivity (Wildman–Crippen MR) is 108 cm³/mol. The normalized spacial score (nSPS) is 12.0. The highest BCUT2D eigenvalue weighted by atomic mass is 79.9. The highest BCUT2D eigenvalue weighted by Crippen LogP contribution is 2.27. The van der Waals surface area contributed by atoms with Crippen molar-refractivity contribution in [2.24, 2.45) is 0 Å². The fourth-order valence-electron chi connectivity index (χ4n) is 3.09. The summed E-state index contributed by atoms with van der Waals surface area (Å²) in [5, 5.41) is 3.15. The molecule has 0 unspecified atom stereocenters. The molecule has 0 radical (unpaired) electrons. The van der Waals surface area contributed by atoms with Crippen LogP contribution in [0.15, 0.2) is 65.3 Å². The maximum atomic E-state index is 13.0. The lowest BCUT2D eigenvalue weighted by molar-refractivity contribution is 0.0925. The molecule has 3 rings (SSSR count). The van der Waals surface area contributed by atoms with Crippen LogP contribution in [-0.2, 0) is 6.54 Å². The first-order valence-corrected chi connectivity index (χ1v) is 9.62. The molecule has 0 bridgehead atoms. The Kier molecular flexibility index (Phi) is 5.89. The SMILES string of the molecule is CC[C@H](NC(=O)c1c(Br)nc(-c2ccccc2)n1CC)c1ccccc1. The second kappa shape index (κ2) is 8.32. The Labute approximate surface area is 162 Å². The Morgan fingerprint density at radius 2 is 1.69 bits per heavy atom. The standard InChI is InChI=1S/C21H22BrN3O/c1-3-17(15-11-7-5-8-12-15)23-21(26)18-19(22)24-20(25(18)4-2)16-13-9-6-10-14-16/h5-14,17H,3-4H2,1-2H3,(H,23,26)/t17-/m0/s1. The summed E-state index contributed by atoms with van der Waals surface area (Å²) < 4.78 is 2.52. The summed E-state index contributed by atoms with van der Waals surface area (Å²) >= 11 is 3.48. The summed E-state index contributed by atoms with van der Waals surface area (Å²) in [4.78, 5) is 17.6. The number of imidazole rings is 1. The van der Waals surface area contributed by atoms with Gasteiger partial charge in [0, 0.05) is 12.1 Å². The van der Waals surface area contributed by atoms with Crippen LogP contribution in [0, 0.1) is 0 Å². The first-order valence-electron chi connectivity index (χ1n) is 8.82. The van der Waals surface area contributed by atoms with Crippen LogP contribution in [0.1, 0.15) is 42.4 Å². The van der Waals surface area contributed by atoms with Crippen molar-refractivity contribution >= 4 is 21.8 Å². The molecule has 0 aliphatic heterocycles. The van der Waals surface area contributed by atoms with Crippen LogP contribution in [0.3, 0.4) is 0 Å². The van der Waals surface area contributed by atoms with Gasteiger partial charge in [0.15, 0.2) is 0 Å². The quantitative estimate of drug-likeness (QED) is 0.604. The van der Waals surface area contributed by atoms with Gasteiger partial charge in [-0.3, -0.25) is 4.79 Å². The number of nitrogens with one attached hydrogen (secondary N) is 1. The third-order valence-electron chi connectivity index (χ3n) is 4.40. The number of amides is 1. The Bertz CT molecular complexity index is 875. The maximum Gasteiger partial charge on any atom is 0.271 e. The second-order valence-electron chi connectivity index (χ2n) is 6.03. The van der Waals surface area contributed by atoms with Crippen molar-refractivity contribution in [3.05, 3.63) is 76.5 Å². The molecule has 134 valence electrons. The van der Waals surface area contributed by atoms with Crippen LogP contribution in [0.25, 0.3) is 11.4 Å². The smallest absolute Gasteiger partial charge is 0.271 e. The van der Waals surface area contributed by atoms with Gasteiger partial charge in [-0.1, -0.05) is 67.6 Å². The average molecular weight is 412 g/mol. The molecule has 2 aromatic carbocycles. The van der Waals surface area contributed by atoms with Crippen molar-refractivity contribution in [3.63, 3.8) is 0 Å². The minimum Gasteiger partial charge on any atom is -0.344 e. The summed E-state index contributed by atoms with van der Waals surface area (Å²) in [5.74, 6) is 0.669. The highest BCUT2D eigenvalue weighted by molar-refractivity contribution is 9.10. The van der Waals surface area contributed by atoms with E-state index < -0.39 is 0 Å². The van der Waals surface area contributed by atoms with Gasteiger partial charge in [-0.15, -0.1) is 0 Å². The topological polar surface area (TPSA) is 46.9 Å². The lowest BCUT2D eigenvalue weighted by Crippen LogP contribution is -2.30. The summed E-state index contributed by atoms with van der Waals surface area (Å²) in [6.45, 7) is 4.75. The molecule has 0 spiro atoms. The lowest BCUT2D eigenvalue weighted by atomic mass is 10.0. The van der Waals surface area contributed by atoms with Crippen molar-refractivity contribution in [1.29, 1.82) is 0 Å². The molecule has 0 aliphatic rings. The fraction of sp³-hybridized carbons (Fsp3) is 0.238. The molecule has 26 heavy (non-hydrogen) atoms. The van der Waals surface area contributed by atoms with Crippen molar-refractivity contribution in [2.75, 3.05) is 0 Å². The first kappa shape index (κ1) is 18.4. The van der Waals surface area contributed by atoms with Gasteiger partial charge >= 0.3 is 0 Å². The number of benzene rings is 2. The van der Waals surface area contributed by atoms with Crippen LogP contribution in [0.4, 0.5) is 0 Å². The molecule has 5 heteroatoms. The Hall–Kier alpha value is -2.40. The highest BCUT2D eigenvalue weighted by Gasteiger charge is 2.23. The van der Waals surface area contributed by atoms with Gasteiger partial charge in [-0.2, -0.15) is 0 Å². The van der Waals surface area contributed by atoms with Gasteiger partial charge in [-0.25, -0.2) is 4.98 Å². The Morgan fingerprint density at radius 1 is 1.08 bits per heavy atom. The number of nitrogens with zero attached hydrogens (tertiary/aromatic N) is 2. The summed E-state index contributed by atoms with van der Waals surface area (Å²) in [7, 11) is 0. The maximum absolute atomic E-state index is 13.0. The molecule has 1 aromatic heterocycles. The minimum atomic E-state index is -0.121. The van der Waals surface area contributed by atoms with E-state index in [1.807, 2.05) is 72.2 Å². The summed E-state index contributed by atoms with van der Waals surface area (Å²) in [5.41, 5.74) is 2.65. The van der Waals surface area contributed by atoms with Gasteiger partial charge < -0.3 is 9.88 Å². The third kappa shape index (κ3) is 3.73. The molecular weight excluding hydrogens is 390 g/mol. The number of hydrogen-bond acceptors (Lipinski definition) is 2. The van der Waals surface area contributed by atoms with E-state index in [1.165, 1.54) is 0 Å². The minimum absolute atomic E-state index is 0.0315. The van der Waals surface area contributed by atoms with E-state index in [-0.39, 0.29) is 11.9 Å². The number of hydrogen-bond donors (Lipinski definition) is 1. The average Bonchev–Trinajstić information content (AvgIpc) is 3.03. The lowest BCUT2D eigenvalue weighted by Gasteiger charge is -2.18. The van der Waals surface area contributed by atoms with Crippen LogP contribution >= 0.6 is 15.9 Å². The molecule has 1 heterocycles. The van der Waals surface area contributed by atoms with Crippen molar-refractivity contribution < 1.29 is 4.79 Å². The number of halogens is 1. The number of carbonyl (C=O) groups is 1. The Morgan fingerprint density at radius 3 is 2.27 bits per heavy atom. The van der Waals surface area contributed by atoms with Crippen LogP contribution < -0.4 is 5.32 Å². The van der Waals surface area contributed by atoms with E-state index >= 15 is 0 Å². The molecule has 3 aromatic rings. The predicted octanol–water partition coefficient (Wildman–Crippen LogP) is 5.21. The molecule has 1 amide bonds. The zero-order valence-corrected chi connectivity index (χ0v) is 16.5. The molecule has 1 atom stereocenters. The van der Waals surface area contributed by atoms with Crippen LogP contribution in [-0.4, -0.2) is 15.5 Å². The van der Waals surface area contributed by atoms with E-state index in [2.05, 4.69) is 33.2 Å². The van der Waals surface area contributed by atoms with Gasteiger partial charge in [-0.05, 0) is 34.8 Å². The zero-order valence-electron chi connectivity index (χ0n) is 14.9. The van der Waals surface area contributed by atoms with E-state index in [0.29, 0.717) is 16.8 Å². The molecule has 4 nitrogen and oxygen atoms in total. The monoisotopic (exact) mass is 411 g/mol. The van der Waals surface area contributed by atoms with Gasteiger partial charge in [0.1, 0.15) is 16.1 Å². The molecule has 0 aliphatic carbocycles. The van der Waals surface area contributed by atoms with Crippen LogP contribution in [0.5, 0.6) is 0 Å². The van der Waals surface area contributed by atoms with E-state index in [1.54, 1.807) is 0 Å². The third-order valence-corrected chi connectivity index (χ3v) is 4.96. The Balaban J connectivity index is 1.93. The van der Waals surface area contributed by atoms with E-state index in [0.717, 1.165) is 23.4 Å². The first-order chi connectivity index (χ1) is 12.7. The molecule has 1 N–H and O–H groups in total. The summed E-state index contributed by atoms with van der Waals surface area (Å²) in [6.07, 6.45) is 0.819. The fourth-order valence-corrected chi connectivity index (χ4v) is 3.65.